The molecule has 0 bridgehead atoms. The molecule has 1 amide bonds. The summed E-state index contributed by atoms with van der Waals surface area (Å²) in [4.78, 5) is 24.4. The highest BCUT2D eigenvalue weighted by atomic mass is 16.5. The molecule has 1 aromatic rings. The number of aliphatic hydroxyl groups excluding tert-OH is 1. The van der Waals surface area contributed by atoms with E-state index in [-0.39, 0.29) is 18.6 Å². The molecule has 1 fully saturated rings. The van der Waals surface area contributed by atoms with Crippen molar-refractivity contribution in [2.24, 2.45) is 11.8 Å². The zero-order valence-corrected chi connectivity index (χ0v) is 14.6. The average Bonchev–Trinajstić information content (AvgIpc) is 2.58. The molecule has 4 atom stereocenters. The Morgan fingerprint density at radius 2 is 1.92 bits per heavy atom. The second kappa shape index (κ2) is 8.29. The summed E-state index contributed by atoms with van der Waals surface area (Å²) in [5.41, 5.74) is 1.09. The predicted octanol–water partition coefficient (Wildman–Crippen LogP) is 2.67. The molecule has 0 heterocycles. The lowest BCUT2D eigenvalue weighted by molar-refractivity contribution is -0.130. The third-order valence-corrected chi connectivity index (χ3v) is 5.06. The lowest BCUT2D eigenvalue weighted by Gasteiger charge is -2.35. The Labute approximate surface area is 143 Å². The molecule has 0 saturated heterocycles. The number of carbonyl (C=O) groups excluding carboxylic acids is 2. The van der Waals surface area contributed by atoms with Gasteiger partial charge in [-0.3, -0.25) is 4.79 Å². The summed E-state index contributed by atoms with van der Waals surface area (Å²) < 4.78 is 5.26. The third-order valence-electron chi connectivity index (χ3n) is 5.06. The summed E-state index contributed by atoms with van der Waals surface area (Å²) >= 11 is 0. The summed E-state index contributed by atoms with van der Waals surface area (Å²) in [6.07, 6.45) is 2.45. The smallest absolute Gasteiger partial charge is 0.338 e. The maximum atomic E-state index is 12.3. The molecule has 0 radical (unpaired) electrons. The molecule has 2 rings (SSSR count). The lowest BCUT2D eigenvalue weighted by Crippen LogP contribution is -2.47. The lowest BCUT2D eigenvalue weighted by atomic mass is 9.78. The van der Waals surface area contributed by atoms with Crippen LogP contribution >= 0.6 is 0 Å². The topological polar surface area (TPSA) is 75.6 Å². The average molecular weight is 333 g/mol. The fourth-order valence-corrected chi connectivity index (χ4v) is 3.11. The second-order valence-corrected chi connectivity index (χ2v) is 6.78. The van der Waals surface area contributed by atoms with Crippen molar-refractivity contribution in [2.45, 2.75) is 58.8 Å². The molecule has 1 aliphatic carbocycles. The van der Waals surface area contributed by atoms with Crippen LogP contribution in [-0.2, 0) is 16.1 Å². The summed E-state index contributed by atoms with van der Waals surface area (Å²) in [6.45, 7) is 5.88. The van der Waals surface area contributed by atoms with Gasteiger partial charge in [0.2, 0.25) is 0 Å². The number of nitrogens with one attached hydrogen (secondary N) is 1. The molecule has 5 heteroatoms. The van der Waals surface area contributed by atoms with Gasteiger partial charge < -0.3 is 15.2 Å². The van der Waals surface area contributed by atoms with Gasteiger partial charge in [0.25, 0.3) is 5.91 Å². The highest BCUT2D eigenvalue weighted by Crippen LogP contribution is 2.29. The van der Waals surface area contributed by atoms with Crippen molar-refractivity contribution >= 4 is 11.9 Å². The second-order valence-electron chi connectivity index (χ2n) is 6.78. The SMILES string of the molecule is C[C@@H]1[C@H](C)CCC[C@@H]1NC(=O)[C@@H](C)OC(=O)c1ccc(CO)cc1. The van der Waals surface area contributed by atoms with E-state index in [9.17, 15) is 9.59 Å². The molecular formula is C19H27NO4. The van der Waals surface area contributed by atoms with Crippen molar-refractivity contribution in [2.75, 3.05) is 0 Å². The summed E-state index contributed by atoms with van der Waals surface area (Å²) in [5, 5.41) is 12.0. The van der Waals surface area contributed by atoms with Gasteiger partial charge in [-0.25, -0.2) is 4.79 Å². The molecule has 1 aliphatic rings. The molecule has 5 nitrogen and oxygen atoms in total. The molecule has 0 aromatic heterocycles. The minimum Gasteiger partial charge on any atom is -0.449 e. The first-order chi connectivity index (χ1) is 11.4. The molecule has 132 valence electrons. The molecule has 1 saturated carbocycles. The van der Waals surface area contributed by atoms with Gasteiger partial charge in [0.15, 0.2) is 6.10 Å². The molecular weight excluding hydrogens is 306 g/mol. The quantitative estimate of drug-likeness (QED) is 0.812. The van der Waals surface area contributed by atoms with Crippen molar-refractivity contribution < 1.29 is 19.4 Å². The summed E-state index contributed by atoms with van der Waals surface area (Å²) in [7, 11) is 0. The Balaban J connectivity index is 1.89. The van der Waals surface area contributed by atoms with E-state index < -0.39 is 12.1 Å². The van der Waals surface area contributed by atoms with Crippen molar-refractivity contribution in [3.8, 4) is 0 Å². The maximum absolute atomic E-state index is 12.3. The Morgan fingerprint density at radius 3 is 2.54 bits per heavy atom. The van der Waals surface area contributed by atoms with Gasteiger partial charge in [-0.1, -0.05) is 38.8 Å². The normalized spacial score (nSPS) is 24.9. The van der Waals surface area contributed by atoms with Gasteiger partial charge in [-0.2, -0.15) is 0 Å². The number of rotatable bonds is 5. The monoisotopic (exact) mass is 333 g/mol. The predicted molar refractivity (Wildman–Crippen MR) is 91.4 cm³/mol. The van der Waals surface area contributed by atoms with Crippen molar-refractivity contribution in [1.29, 1.82) is 0 Å². The molecule has 1 aromatic carbocycles. The van der Waals surface area contributed by atoms with Crippen LogP contribution in [0.2, 0.25) is 0 Å². The van der Waals surface area contributed by atoms with Crippen molar-refractivity contribution in [3.63, 3.8) is 0 Å². The van der Waals surface area contributed by atoms with E-state index in [1.807, 2.05) is 0 Å². The number of amides is 1. The highest BCUT2D eigenvalue weighted by Gasteiger charge is 2.30. The molecule has 0 unspecified atom stereocenters. The van der Waals surface area contributed by atoms with Gasteiger partial charge in [-0.15, -0.1) is 0 Å². The van der Waals surface area contributed by atoms with Gasteiger partial charge in [0.05, 0.1) is 12.2 Å². The summed E-state index contributed by atoms with van der Waals surface area (Å²) in [5.74, 6) is 0.233. The number of hydrogen-bond donors (Lipinski definition) is 2. The Kier molecular flexibility index (Phi) is 6.37. The Bertz CT molecular complexity index is 569. The number of esters is 1. The fourth-order valence-electron chi connectivity index (χ4n) is 3.11. The van der Waals surface area contributed by atoms with E-state index in [4.69, 9.17) is 9.84 Å². The van der Waals surface area contributed by atoms with Crippen LogP contribution < -0.4 is 5.32 Å². The van der Waals surface area contributed by atoms with E-state index in [0.29, 0.717) is 17.4 Å². The van der Waals surface area contributed by atoms with Gasteiger partial charge in [0, 0.05) is 6.04 Å². The number of aliphatic hydroxyl groups is 1. The number of benzene rings is 1. The third kappa shape index (κ3) is 4.57. The molecule has 0 aliphatic heterocycles. The van der Waals surface area contributed by atoms with Crippen LogP contribution in [0.15, 0.2) is 24.3 Å². The largest absolute Gasteiger partial charge is 0.449 e. The van der Waals surface area contributed by atoms with Crippen LogP contribution in [0.25, 0.3) is 0 Å². The highest BCUT2D eigenvalue weighted by molar-refractivity contribution is 5.92. The van der Waals surface area contributed by atoms with Gasteiger partial charge >= 0.3 is 5.97 Å². The van der Waals surface area contributed by atoms with Crippen LogP contribution in [-0.4, -0.2) is 29.1 Å². The van der Waals surface area contributed by atoms with Crippen molar-refractivity contribution in [1.82, 2.24) is 5.32 Å². The van der Waals surface area contributed by atoms with E-state index in [0.717, 1.165) is 18.4 Å². The van der Waals surface area contributed by atoms with Crippen LogP contribution in [0.5, 0.6) is 0 Å². The fraction of sp³-hybridized carbons (Fsp3) is 0.579. The first-order valence-corrected chi connectivity index (χ1v) is 8.63. The van der Waals surface area contributed by atoms with E-state index in [1.165, 1.54) is 6.42 Å². The standard InChI is InChI=1S/C19H27NO4/c1-12-5-4-6-17(13(12)2)20-18(22)14(3)24-19(23)16-9-7-15(11-21)8-10-16/h7-10,12-14,17,21H,4-6,11H2,1-3H3,(H,20,22)/t12-,13-,14-,17+/m1/s1. The minimum absolute atomic E-state index is 0.0773. The van der Waals surface area contributed by atoms with Crippen LogP contribution in [0.4, 0.5) is 0 Å². The number of ether oxygens (including phenoxy) is 1. The van der Waals surface area contributed by atoms with Crippen LogP contribution in [0.1, 0.15) is 56.0 Å². The first-order valence-electron chi connectivity index (χ1n) is 8.63. The van der Waals surface area contributed by atoms with E-state index in [1.54, 1.807) is 31.2 Å². The zero-order chi connectivity index (χ0) is 17.7. The molecule has 24 heavy (non-hydrogen) atoms. The molecule has 0 spiro atoms. The van der Waals surface area contributed by atoms with E-state index >= 15 is 0 Å². The Hall–Kier alpha value is -1.88. The molecule has 2 N–H and O–H groups in total. The Morgan fingerprint density at radius 1 is 1.25 bits per heavy atom. The van der Waals surface area contributed by atoms with Gasteiger partial charge in [-0.05, 0) is 42.9 Å². The summed E-state index contributed by atoms with van der Waals surface area (Å²) in [6, 6.07) is 6.64. The van der Waals surface area contributed by atoms with Crippen LogP contribution in [0, 0.1) is 11.8 Å². The van der Waals surface area contributed by atoms with Crippen LogP contribution in [0.3, 0.4) is 0 Å². The van der Waals surface area contributed by atoms with Crippen molar-refractivity contribution in [3.05, 3.63) is 35.4 Å². The van der Waals surface area contributed by atoms with Gasteiger partial charge in [0.1, 0.15) is 0 Å². The van der Waals surface area contributed by atoms with E-state index in [2.05, 4.69) is 19.2 Å². The zero-order valence-electron chi connectivity index (χ0n) is 14.6. The number of hydrogen-bond acceptors (Lipinski definition) is 4. The maximum Gasteiger partial charge on any atom is 0.338 e. The minimum atomic E-state index is -0.834. The first kappa shape index (κ1) is 18.5. The number of carbonyl (C=O) groups is 2.